The first-order chi connectivity index (χ1) is 11.4. The molecule has 1 heterocycles. The number of nitrogens with zero attached hydrogens (tertiary/aromatic N) is 1. The topological polar surface area (TPSA) is 49.4 Å². The van der Waals surface area contributed by atoms with Crippen molar-refractivity contribution in [2.75, 3.05) is 14.1 Å². The van der Waals surface area contributed by atoms with Gasteiger partial charge in [-0.2, -0.15) is 0 Å². The molecular weight excluding hydrogens is 344 g/mol. The first-order valence-electron chi connectivity index (χ1n) is 7.72. The Morgan fingerprint density at radius 2 is 1.71 bits per heavy atom. The van der Waals surface area contributed by atoms with Gasteiger partial charge in [-0.1, -0.05) is 35.9 Å². The maximum atomic E-state index is 11.9. The average molecular weight is 365 g/mol. The Morgan fingerprint density at radius 1 is 1.04 bits per heavy atom. The number of benzene rings is 1. The molecule has 0 aliphatic rings. The Morgan fingerprint density at radius 3 is 2.29 bits per heavy atom. The Labute approximate surface area is 151 Å². The van der Waals surface area contributed by atoms with Crippen LogP contribution in [0.15, 0.2) is 36.4 Å². The van der Waals surface area contributed by atoms with Gasteiger partial charge in [0.05, 0.1) is 9.21 Å². The number of rotatable bonds is 8. The van der Waals surface area contributed by atoms with Crippen LogP contribution in [0.3, 0.4) is 0 Å². The van der Waals surface area contributed by atoms with E-state index in [4.69, 9.17) is 11.6 Å². The van der Waals surface area contributed by atoms with Gasteiger partial charge < -0.3 is 10.2 Å². The monoisotopic (exact) mass is 364 g/mol. The van der Waals surface area contributed by atoms with E-state index in [1.807, 2.05) is 26.2 Å². The summed E-state index contributed by atoms with van der Waals surface area (Å²) in [6.45, 7) is 1.36. The summed E-state index contributed by atoms with van der Waals surface area (Å²) in [5.74, 6) is -0.168. The van der Waals surface area contributed by atoms with Gasteiger partial charge >= 0.3 is 0 Å². The maximum Gasteiger partial charge on any atom is 0.220 e. The standard InChI is InChI=1S/C18H21ClN2O2S/c1-21(2)12-14-5-3-13(4-6-14)11-20-18(23)10-7-15(22)16-8-9-17(19)24-16/h3-6,8-9H,7,10-12H2,1-2H3,(H,20,23). The van der Waals surface area contributed by atoms with Gasteiger partial charge in [0.25, 0.3) is 0 Å². The normalized spacial score (nSPS) is 10.8. The molecule has 24 heavy (non-hydrogen) atoms. The van der Waals surface area contributed by atoms with Crippen molar-refractivity contribution in [1.82, 2.24) is 10.2 Å². The number of halogens is 1. The number of Topliss-reactive ketones (excluding diaryl/α,β-unsaturated/α-hetero) is 1. The van der Waals surface area contributed by atoms with Crippen molar-refractivity contribution in [2.45, 2.75) is 25.9 Å². The molecule has 1 aromatic carbocycles. The zero-order valence-corrected chi connectivity index (χ0v) is 15.4. The molecule has 0 spiro atoms. The lowest BCUT2D eigenvalue weighted by atomic mass is 10.1. The largest absolute Gasteiger partial charge is 0.352 e. The van der Waals surface area contributed by atoms with E-state index in [0.29, 0.717) is 15.8 Å². The molecule has 2 rings (SSSR count). The van der Waals surface area contributed by atoms with Crippen molar-refractivity contribution in [3.05, 3.63) is 56.7 Å². The molecule has 1 N–H and O–H groups in total. The lowest BCUT2D eigenvalue weighted by Gasteiger charge is -2.10. The van der Waals surface area contributed by atoms with Crippen LogP contribution in [0.1, 0.15) is 33.6 Å². The Kier molecular flexibility index (Phi) is 6.97. The van der Waals surface area contributed by atoms with Gasteiger partial charge in [-0.15, -0.1) is 11.3 Å². The Balaban J connectivity index is 1.73. The first-order valence-corrected chi connectivity index (χ1v) is 8.91. The minimum absolute atomic E-state index is 0.0462. The number of nitrogens with one attached hydrogen (secondary N) is 1. The van der Waals surface area contributed by atoms with Crippen LogP contribution in [0.2, 0.25) is 4.34 Å². The minimum Gasteiger partial charge on any atom is -0.352 e. The molecule has 0 saturated heterocycles. The predicted octanol–water partition coefficient (Wildman–Crippen LogP) is 3.74. The number of amides is 1. The van der Waals surface area contributed by atoms with Crippen LogP contribution < -0.4 is 5.32 Å². The van der Waals surface area contributed by atoms with E-state index in [1.165, 1.54) is 16.9 Å². The SMILES string of the molecule is CN(C)Cc1ccc(CNC(=O)CCC(=O)c2ccc(Cl)s2)cc1. The zero-order chi connectivity index (χ0) is 17.5. The molecular formula is C18H21ClN2O2S. The third-order valence-corrected chi connectivity index (χ3v) is 4.71. The second-order valence-corrected chi connectivity index (χ2v) is 7.57. The summed E-state index contributed by atoms with van der Waals surface area (Å²) in [6.07, 6.45) is 0.386. The fourth-order valence-electron chi connectivity index (χ4n) is 2.23. The second kappa shape index (κ2) is 8.97. The van der Waals surface area contributed by atoms with E-state index in [2.05, 4.69) is 22.3 Å². The predicted molar refractivity (Wildman–Crippen MR) is 98.6 cm³/mol. The number of hydrogen-bond donors (Lipinski definition) is 1. The second-order valence-electron chi connectivity index (χ2n) is 5.86. The number of ketones is 1. The first kappa shape index (κ1) is 18.6. The quantitative estimate of drug-likeness (QED) is 0.726. The summed E-state index contributed by atoms with van der Waals surface area (Å²) in [5.41, 5.74) is 2.28. The van der Waals surface area contributed by atoms with Crippen molar-refractivity contribution in [1.29, 1.82) is 0 Å². The fourth-order valence-corrected chi connectivity index (χ4v) is 3.24. The van der Waals surface area contributed by atoms with Gasteiger partial charge in [0.1, 0.15) is 0 Å². The van der Waals surface area contributed by atoms with Crippen molar-refractivity contribution in [2.24, 2.45) is 0 Å². The highest BCUT2D eigenvalue weighted by molar-refractivity contribution is 7.18. The van der Waals surface area contributed by atoms with Gasteiger partial charge in [0.15, 0.2) is 5.78 Å². The molecule has 0 fully saturated rings. The van der Waals surface area contributed by atoms with Crippen molar-refractivity contribution in [3.8, 4) is 0 Å². The molecule has 4 nitrogen and oxygen atoms in total. The molecule has 0 bridgehead atoms. The fraction of sp³-hybridized carbons (Fsp3) is 0.333. The van der Waals surface area contributed by atoms with Gasteiger partial charge in [-0.05, 0) is 37.4 Å². The van der Waals surface area contributed by atoms with E-state index >= 15 is 0 Å². The molecule has 1 amide bonds. The van der Waals surface area contributed by atoms with Gasteiger partial charge in [0.2, 0.25) is 5.91 Å². The molecule has 128 valence electrons. The minimum atomic E-state index is -0.122. The van der Waals surface area contributed by atoms with Crippen molar-refractivity contribution >= 4 is 34.6 Å². The molecule has 0 aliphatic heterocycles. The Bertz CT molecular complexity index is 695. The summed E-state index contributed by atoms with van der Waals surface area (Å²) in [7, 11) is 4.05. The van der Waals surface area contributed by atoms with Gasteiger partial charge in [0, 0.05) is 25.9 Å². The molecule has 0 atom stereocenters. The highest BCUT2D eigenvalue weighted by Crippen LogP contribution is 2.22. The molecule has 0 saturated carbocycles. The number of hydrogen-bond acceptors (Lipinski definition) is 4. The lowest BCUT2D eigenvalue weighted by Crippen LogP contribution is -2.23. The summed E-state index contributed by atoms with van der Waals surface area (Å²) in [6, 6.07) is 11.5. The average Bonchev–Trinajstić information content (AvgIpc) is 2.98. The number of thiophene rings is 1. The van der Waals surface area contributed by atoms with Crippen LogP contribution in [0.4, 0.5) is 0 Å². The third-order valence-electron chi connectivity index (χ3n) is 3.44. The summed E-state index contributed by atoms with van der Waals surface area (Å²) in [5, 5.41) is 2.85. The number of carbonyl (C=O) groups excluding carboxylic acids is 2. The van der Waals surface area contributed by atoms with Crippen LogP contribution in [0.5, 0.6) is 0 Å². The van der Waals surface area contributed by atoms with Gasteiger partial charge in [-0.3, -0.25) is 9.59 Å². The van der Waals surface area contributed by atoms with Crippen molar-refractivity contribution < 1.29 is 9.59 Å². The van der Waals surface area contributed by atoms with Crippen LogP contribution in [-0.2, 0) is 17.9 Å². The van der Waals surface area contributed by atoms with Crippen LogP contribution in [0, 0.1) is 0 Å². The van der Waals surface area contributed by atoms with E-state index in [1.54, 1.807) is 12.1 Å². The van der Waals surface area contributed by atoms with Crippen LogP contribution in [-0.4, -0.2) is 30.7 Å². The van der Waals surface area contributed by atoms with Crippen LogP contribution in [0.25, 0.3) is 0 Å². The lowest BCUT2D eigenvalue weighted by molar-refractivity contribution is -0.121. The molecule has 0 radical (unpaired) electrons. The van der Waals surface area contributed by atoms with Crippen LogP contribution >= 0.6 is 22.9 Å². The molecule has 1 aromatic heterocycles. The highest BCUT2D eigenvalue weighted by Gasteiger charge is 2.11. The summed E-state index contributed by atoms with van der Waals surface area (Å²) in [4.78, 5) is 26.5. The van der Waals surface area contributed by atoms with Gasteiger partial charge in [-0.25, -0.2) is 0 Å². The summed E-state index contributed by atoms with van der Waals surface area (Å²) >= 11 is 7.05. The highest BCUT2D eigenvalue weighted by atomic mass is 35.5. The molecule has 6 heteroatoms. The van der Waals surface area contributed by atoms with E-state index in [9.17, 15) is 9.59 Å². The number of carbonyl (C=O) groups is 2. The maximum absolute atomic E-state index is 11.9. The molecule has 2 aromatic rings. The van der Waals surface area contributed by atoms with Crippen molar-refractivity contribution in [3.63, 3.8) is 0 Å². The third kappa shape index (κ3) is 6.07. The van der Waals surface area contributed by atoms with E-state index < -0.39 is 0 Å². The van der Waals surface area contributed by atoms with E-state index in [-0.39, 0.29) is 24.5 Å². The Hall–Kier alpha value is -1.69. The molecule has 0 aliphatic carbocycles. The summed E-state index contributed by atoms with van der Waals surface area (Å²) < 4.78 is 0.584. The smallest absolute Gasteiger partial charge is 0.220 e. The van der Waals surface area contributed by atoms with E-state index in [0.717, 1.165) is 12.1 Å². The molecule has 0 unspecified atom stereocenters. The zero-order valence-electron chi connectivity index (χ0n) is 13.8.